The highest BCUT2D eigenvalue weighted by Crippen LogP contribution is 2.13. The van der Waals surface area contributed by atoms with Crippen LogP contribution in [0.15, 0.2) is 24.3 Å². The Morgan fingerprint density at radius 2 is 1.94 bits per heavy atom. The van der Waals surface area contributed by atoms with Crippen LogP contribution in [0.25, 0.3) is 0 Å². The van der Waals surface area contributed by atoms with Crippen molar-refractivity contribution in [3.63, 3.8) is 0 Å². The van der Waals surface area contributed by atoms with Crippen LogP contribution in [0.1, 0.15) is 24.8 Å². The van der Waals surface area contributed by atoms with Crippen molar-refractivity contribution in [2.24, 2.45) is 0 Å². The number of benzene rings is 1. The number of halogens is 1. The molecule has 0 radical (unpaired) electrons. The molecule has 0 spiro atoms. The molecule has 4 heteroatoms. The Labute approximate surface area is 107 Å². The highest BCUT2D eigenvalue weighted by atomic mass is 19.1. The Hall–Kier alpha value is -1.58. The number of piperidine rings is 1. The van der Waals surface area contributed by atoms with Crippen LogP contribution in [0.4, 0.5) is 9.18 Å². The molecule has 0 saturated carbocycles. The fourth-order valence-corrected chi connectivity index (χ4v) is 2.28. The summed E-state index contributed by atoms with van der Waals surface area (Å²) in [5.41, 5.74) is 0.561. The summed E-state index contributed by atoms with van der Waals surface area (Å²) in [7, 11) is 1.73. The summed E-state index contributed by atoms with van der Waals surface area (Å²) in [6, 6.07) is 6.59. The van der Waals surface area contributed by atoms with Crippen molar-refractivity contribution in [2.45, 2.75) is 25.8 Å². The maximum absolute atomic E-state index is 13.5. The van der Waals surface area contributed by atoms with Gasteiger partial charge in [-0.1, -0.05) is 18.2 Å². The molecule has 1 aliphatic rings. The van der Waals surface area contributed by atoms with Gasteiger partial charge in [-0.15, -0.1) is 0 Å². The maximum atomic E-state index is 13.5. The summed E-state index contributed by atoms with van der Waals surface area (Å²) in [5, 5.41) is 0. The molecular weight excluding hydrogens is 231 g/mol. The van der Waals surface area contributed by atoms with Gasteiger partial charge >= 0.3 is 6.03 Å². The summed E-state index contributed by atoms with van der Waals surface area (Å²) in [6.07, 6.45) is 3.33. The zero-order chi connectivity index (χ0) is 13.0. The third kappa shape index (κ3) is 3.00. The summed E-state index contributed by atoms with van der Waals surface area (Å²) in [6.45, 7) is 1.96. The molecule has 1 aromatic carbocycles. The van der Waals surface area contributed by atoms with Crippen LogP contribution in [-0.4, -0.2) is 36.0 Å². The van der Waals surface area contributed by atoms with Crippen molar-refractivity contribution in [1.82, 2.24) is 9.80 Å². The van der Waals surface area contributed by atoms with Gasteiger partial charge < -0.3 is 9.80 Å². The first kappa shape index (κ1) is 12.9. The van der Waals surface area contributed by atoms with Gasteiger partial charge in [-0.3, -0.25) is 0 Å². The predicted molar refractivity (Wildman–Crippen MR) is 68.7 cm³/mol. The van der Waals surface area contributed by atoms with Crippen molar-refractivity contribution in [3.8, 4) is 0 Å². The number of carbonyl (C=O) groups is 1. The molecule has 1 aromatic rings. The van der Waals surface area contributed by atoms with E-state index < -0.39 is 0 Å². The Balaban J connectivity index is 1.96. The fourth-order valence-electron chi connectivity index (χ4n) is 2.28. The molecule has 2 amide bonds. The summed E-state index contributed by atoms with van der Waals surface area (Å²) < 4.78 is 13.5. The lowest BCUT2D eigenvalue weighted by Gasteiger charge is -2.31. The second-order valence-electron chi connectivity index (χ2n) is 4.78. The molecule has 1 aliphatic heterocycles. The minimum absolute atomic E-state index is 0.00190. The first-order valence-electron chi connectivity index (χ1n) is 6.42. The van der Waals surface area contributed by atoms with Gasteiger partial charge in [-0.2, -0.15) is 0 Å². The third-order valence-electron chi connectivity index (χ3n) is 3.32. The quantitative estimate of drug-likeness (QED) is 0.791. The molecule has 0 N–H and O–H groups in total. The highest BCUT2D eigenvalue weighted by molar-refractivity contribution is 5.74. The standard InChI is InChI=1S/C14H19FN2O/c1-16(11-12-7-3-4-8-13(12)15)14(18)17-9-5-2-6-10-17/h3-4,7-8H,2,5-6,9-11H2,1H3. The average molecular weight is 250 g/mol. The van der Waals surface area contributed by atoms with Crippen LogP contribution in [0.2, 0.25) is 0 Å². The van der Waals surface area contributed by atoms with Crippen molar-refractivity contribution in [3.05, 3.63) is 35.6 Å². The number of hydrogen-bond acceptors (Lipinski definition) is 1. The van der Waals surface area contributed by atoms with Gasteiger partial charge in [0.2, 0.25) is 0 Å². The predicted octanol–water partition coefficient (Wildman–Crippen LogP) is 2.86. The van der Waals surface area contributed by atoms with Gasteiger partial charge in [0.05, 0.1) is 0 Å². The number of rotatable bonds is 2. The van der Waals surface area contributed by atoms with Gasteiger partial charge in [0.1, 0.15) is 5.82 Å². The van der Waals surface area contributed by atoms with E-state index in [0.717, 1.165) is 25.9 Å². The van der Waals surface area contributed by atoms with Gasteiger partial charge in [-0.25, -0.2) is 9.18 Å². The van der Waals surface area contributed by atoms with E-state index in [1.165, 1.54) is 12.5 Å². The van der Waals surface area contributed by atoms with Gasteiger partial charge in [0.25, 0.3) is 0 Å². The highest BCUT2D eigenvalue weighted by Gasteiger charge is 2.20. The first-order chi connectivity index (χ1) is 8.68. The molecule has 0 aromatic heterocycles. The lowest BCUT2D eigenvalue weighted by Crippen LogP contribution is -2.43. The number of amides is 2. The number of likely N-dealkylation sites (tertiary alicyclic amines) is 1. The van der Waals surface area contributed by atoms with E-state index in [2.05, 4.69) is 0 Å². The lowest BCUT2D eigenvalue weighted by molar-refractivity contribution is 0.150. The SMILES string of the molecule is CN(Cc1ccccc1F)C(=O)N1CCCCC1. The zero-order valence-electron chi connectivity index (χ0n) is 10.7. The minimum atomic E-state index is -0.254. The molecule has 1 saturated heterocycles. The zero-order valence-corrected chi connectivity index (χ0v) is 10.7. The molecule has 2 rings (SSSR count). The molecule has 0 atom stereocenters. The van der Waals surface area contributed by atoms with Crippen LogP contribution in [0.3, 0.4) is 0 Å². The van der Waals surface area contributed by atoms with E-state index in [0.29, 0.717) is 12.1 Å². The lowest BCUT2D eigenvalue weighted by atomic mass is 10.1. The van der Waals surface area contributed by atoms with Crippen LogP contribution in [0.5, 0.6) is 0 Å². The number of nitrogens with zero attached hydrogens (tertiary/aromatic N) is 2. The molecule has 1 fully saturated rings. The molecule has 3 nitrogen and oxygen atoms in total. The first-order valence-corrected chi connectivity index (χ1v) is 6.42. The molecule has 0 aliphatic carbocycles. The van der Waals surface area contributed by atoms with E-state index in [1.807, 2.05) is 4.90 Å². The molecule has 0 bridgehead atoms. The Morgan fingerprint density at radius 1 is 1.28 bits per heavy atom. The Morgan fingerprint density at radius 3 is 2.61 bits per heavy atom. The van der Waals surface area contributed by atoms with Gasteiger partial charge in [-0.05, 0) is 25.3 Å². The second kappa shape index (κ2) is 5.85. The summed E-state index contributed by atoms with van der Waals surface area (Å²) in [5.74, 6) is -0.254. The molecular formula is C14H19FN2O. The van der Waals surface area contributed by atoms with E-state index in [1.54, 1.807) is 30.1 Å². The Bertz CT molecular complexity index is 416. The molecule has 0 unspecified atom stereocenters. The summed E-state index contributed by atoms with van der Waals surface area (Å²) in [4.78, 5) is 15.6. The van der Waals surface area contributed by atoms with Gasteiger partial charge in [0.15, 0.2) is 0 Å². The normalized spacial score (nSPS) is 15.6. The van der Waals surface area contributed by atoms with Crippen LogP contribution in [0, 0.1) is 5.82 Å². The van der Waals surface area contributed by atoms with Crippen LogP contribution < -0.4 is 0 Å². The van der Waals surface area contributed by atoms with Crippen LogP contribution in [-0.2, 0) is 6.54 Å². The smallest absolute Gasteiger partial charge is 0.320 e. The maximum Gasteiger partial charge on any atom is 0.320 e. The van der Waals surface area contributed by atoms with Gasteiger partial charge in [0, 0.05) is 32.2 Å². The number of urea groups is 1. The van der Waals surface area contributed by atoms with Crippen molar-refractivity contribution in [2.75, 3.05) is 20.1 Å². The largest absolute Gasteiger partial charge is 0.325 e. The summed E-state index contributed by atoms with van der Waals surface area (Å²) >= 11 is 0. The van der Waals surface area contributed by atoms with E-state index >= 15 is 0 Å². The number of hydrogen-bond donors (Lipinski definition) is 0. The number of carbonyl (C=O) groups excluding carboxylic acids is 1. The average Bonchev–Trinajstić information content (AvgIpc) is 2.41. The minimum Gasteiger partial charge on any atom is -0.325 e. The monoisotopic (exact) mass is 250 g/mol. The van der Waals surface area contributed by atoms with Crippen LogP contribution >= 0.6 is 0 Å². The fraction of sp³-hybridized carbons (Fsp3) is 0.500. The van der Waals surface area contributed by atoms with Crippen molar-refractivity contribution < 1.29 is 9.18 Å². The Kier molecular flexibility index (Phi) is 4.18. The topological polar surface area (TPSA) is 23.6 Å². The van der Waals surface area contributed by atoms with Crippen molar-refractivity contribution >= 4 is 6.03 Å². The molecule has 18 heavy (non-hydrogen) atoms. The van der Waals surface area contributed by atoms with E-state index in [9.17, 15) is 9.18 Å². The van der Waals surface area contributed by atoms with E-state index in [-0.39, 0.29) is 11.8 Å². The van der Waals surface area contributed by atoms with E-state index in [4.69, 9.17) is 0 Å². The third-order valence-corrected chi connectivity index (χ3v) is 3.32. The molecule has 98 valence electrons. The molecule has 1 heterocycles. The second-order valence-corrected chi connectivity index (χ2v) is 4.78. The van der Waals surface area contributed by atoms with Crippen molar-refractivity contribution in [1.29, 1.82) is 0 Å².